The highest BCUT2D eigenvalue weighted by molar-refractivity contribution is 5.69. The molecule has 0 spiro atoms. The number of fused-ring (bicyclic) bond motifs is 2. The van der Waals surface area contributed by atoms with Crippen molar-refractivity contribution in [3.05, 3.63) is 70.8 Å². The Morgan fingerprint density at radius 2 is 1.06 bits per heavy atom. The number of hydrogen-bond donors (Lipinski definition) is 1. The predicted octanol–water partition coefficient (Wildman–Crippen LogP) is 7.80. The molecule has 2 aliphatic heterocycles. The first-order chi connectivity index (χ1) is 23.0. The standard InChI is InChI=1S/C21H32N2O2.C20H30N2O2/c1-15-6-8-16(9-7-15)12-22(5)19-10-17-13-23(14-18(17)11-19)20(24)25-21(2,3)4;1-14-5-7-15(8-6-14)11-21-18-9-16-12-22(13-17(16)10-18)19(23)24-20(2,3)4/h6-9,17-19H,10-14H2,1-5H3;5-8,16-18,21H,9-13H2,1-4H3/t17-,18+,19?;16-,17+,18?. The van der Waals surface area contributed by atoms with E-state index in [1.165, 1.54) is 35.1 Å². The fourth-order valence-electron chi connectivity index (χ4n) is 8.12. The zero-order valence-corrected chi connectivity index (χ0v) is 31.6. The second-order valence-corrected chi connectivity index (χ2v) is 17.4. The highest BCUT2D eigenvalue weighted by Gasteiger charge is 2.45. The maximum atomic E-state index is 12.3. The molecule has 0 aromatic heterocycles. The van der Waals surface area contributed by atoms with Crippen LogP contribution in [0.25, 0.3) is 0 Å². The summed E-state index contributed by atoms with van der Waals surface area (Å²) in [6.45, 7) is 21.1. The quantitative estimate of drug-likeness (QED) is 0.337. The Bertz CT molecular complexity index is 1370. The SMILES string of the molecule is Cc1ccc(CN(C)C2C[C@@H]3CN(C(=O)OC(C)(C)C)C[C@@H]3C2)cc1.Cc1ccc(CNC2C[C@@H]3CN(C(=O)OC(C)(C)C)C[C@@H]3C2)cc1. The van der Waals surface area contributed by atoms with Gasteiger partial charge in [0.25, 0.3) is 0 Å². The van der Waals surface area contributed by atoms with E-state index in [0.717, 1.165) is 52.1 Å². The van der Waals surface area contributed by atoms with Crippen molar-refractivity contribution >= 4 is 12.2 Å². The Kier molecular flexibility index (Phi) is 11.7. The van der Waals surface area contributed by atoms with Crippen LogP contribution in [0.4, 0.5) is 9.59 Å². The number of aryl methyl sites for hydroxylation is 2. The average molecular weight is 675 g/mol. The molecular weight excluding hydrogens is 612 g/mol. The molecule has 49 heavy (non-hydrogen) atoms. The lowest BCUT2D eigenvalue weighted by Gasteiger charge is -2.28. The molecule has 4 aliphatic rings. The number of nitrogens with zero attached hydrogens (tertiary/aromatic N) is 3. The molecule has 2 aromatic rings. The first-order valence-corrected chi connectivity index (χ1v) is 18.5. The Morgan fingerprint density at radius 1 is 0.673 bits per heavy atom. The van der Waals surface area contributed by atoms with Crippen LogP contribution in [-0.4, -0.2) is 83.4 Å². The van der Waals surface area contributed by atoms with Crippen molar-refractivity contribution in [2.45, 2.75) is 117 Å². The van der Waals surface area contributed by atoms with E-state index in [1.54, 1.807) is 0 Å². The van der Waals surface area contributed by atoms with Gasteiger partial charge in [-0.25, -0.2) is 9.59 Å². The van der Waals surface area contributed by atoms with E-state index in [4.69, 9.17) is 9.47 Å². The van der Waals surface area contributed by atoms with Crippen LogP contribution in [0.2, 0.25) is 0 Å². The van der Waals surface area contributed by atoms with Crippen molar-refractivity contribution in [1.82, 2.24) is 20.0 Å². The average Bonchev–Trinajstić information content (AvgIpc) is 3.76. The van der Waals surface area contributed by atoms with Crippen LogP contribution in [-0.2, 0) is 22.6 Å². The summed E-state index contributed by atoms with van der Waals surface area (Å²) in [4.78, 5) is 30.8. The zero-order chi connectivity index (χ0) is 35.5. The van der Waals surface area contributed by atoms with Gasteiger partial charge >= 0.3 is 12.2 Å². The van der Waals surface area contributed by atoms with Gasteiger partial charge in [-0.1, -0.05) is 59.7 Å². The number of amides is 2. The Labute approximate surface area is 295 Å². The van der Waals surface area contributed by atoms with E-state index in [-0.39, 0.29) is 12.2 Å². The van der Waals surface area contributed by atoms with E-state index < -0.39 is 11.2 Å². The van der Waals surface area contributed by atoms with Gasteiger partial charge in [-0.2, -0.15) is 0 Å². The van der Waals surface area contributed by atoms with Crippen LogP contribution in [0.15, 0.2) is 48.5 Å². The molecule has 2 aromatic carbocycles. The third kappa shape index (κ3) is 10.7. The number of likely N-dealkylation sites (tertiary alicyclic amines) is 2. The molecule has 1 N–H and O–H groups in total. The summed E-state index contributed by atoms with van der Waals surface area (Å²) in [5, 5.41) is 3.69. The second kappa shape index (κ2) is 15.4. The lowest BCUT2D eigenvalue weighted by atomic mass is 10.0. The molecule has 2 aliphatic carbocycles. The predicted molar refractivity (Wildman–Crippen MR) is 196 cm³/mol. The van der Waals surface area contributed by atoms with Gasteiger partial charge in [0.1, 0.15) is 11.2 Å². The number of benzene rings is 2. The Balaban J connectivity index is 0.000000191. The fraction of sp³-hybridized carbons (Fsp3) is 0.659. The molecule has 4 fully saturated rings. The van der Waals surface area contributed by atoms with Crippen molar-refractivity contribution in [3.8, 4) is 0 Å². The number of rotatable bonds is 6. The minimum absolute atomic E-state index is 0.147. The summed E-state index contributed by atoms with van der Waals surface area (Å²) in [6.07, 6.45) is 4.40. The van der Waals surface area contributed by atoms with Crippen molar-refractivity contribution < 1.29 is 19.1 Å². The third-order valence-electron chi connectivity index (χ3n) is 10.7. The molecule has 2 saturated carbocycles. The topological polar surface area (TPSA) is 74.4 Å². The van der Waals surface area contributed by atoms with Gasteiger partial charge < -0.3 is 24.6 Å². The van der Waals surface area contributed by atoms with Gasteiger partial charge in [-0.05, 0) is 123 Å². The number of hydrogen-bond acceptors (Lipinski definition) is 6. The van der Waals surface area contributed by atoms with Crippen LogP contribution < -0.4 is 5.32 Å². The number of nitrogens with one attached hydrogen (secondary N) is 1. The normalized spacial score (nSPS) is 26.3. The second-order valence-electron chi connectivity index (χ2n) is 17.4. The van der Waals surface area contributed by atoms with Gasteiger partial charge in [0.2, 0.25) is 0 Å². The molecule has 2 heterocycles. The summed E-state index contributed by atoms with van der Waals surface area (Å²) < 4.78 is 11.0. The molecular formula is C41H62N4O4. The van der Waals surface area contributed by atoms with Crippen molar-refractivity contribution in [2.75, 3.05) is 33.2 Å². The van der Waals surface area contributed by atoms with Gasteiger partial charge in [0.15, 0.2) is 0 Å². The minimum Gasteiger partial charge on any atom is -0.444 e. The van der Waals surface area contributed by atoms with Crippen LogP contribution in [0.1, 0.15) is 89.5 Å². The van der Waals surface area contributed by atoms with E-state index in [9.17, 15) is 9.59 Å². The monoisotopic (exact) mass is 674 g/mol. The fourth-order valence-corrected chi connectivity index (χ4v) is 8.12. The van der Waals surface area contributed by atoms with Crippen LogP contribution in [0.3, 0.4) is 0 Å². The first-order valence-electron chi connectivity index (χ1n) is 18.5. The van der Waals surface area contributed by atoms with E-state index >= 15 is 0 Å². The van der Waals surface area contributed by atoms with Crippen LogP contribution in [0.5, 0.6) is 0 Å². The van der Waals surface area contributed by atoms with Gasteiger partial charge in [-0.3, -0.25) is 4.90 Å². The lowest BCUT2D eigenvalue weighted by Crippen LogP contribution is -2.37. The largest absolute Gasteiger partial charge is 0.444 e. The molecule has 6 rings (SSSR count). The summed E-state index contributed by atoms with van der Waals surface area (Å²) in [5.41, 5.74) is 4.51. The highest BCUT2D eigenvalue weighted by Crippen LogP contribution is 2.41. The third-order valence-corrected chi connectivity index (χ3v) is 10.7. The summed E-state index contributed by atoms with van der Waals surface area (Å²) in [5.74, 6) is 2.48. The first kappa shape index (κ1) is 37.2. The van der Waals surface area contributed by atoms with E-state index in [2.05, 4.69) is 79.6 Å². The molecule has 2 saturated heterocycles. The summed E-state index contributed by atoms with van der Waals surface area (Å²) in [6, 6.07) is 18.7. The molecule has 0 radical (unpaired) electrons. The lowest BCUT2D eigenvalue weighted by molar-refractivity contribution is 0.0266. The molecule has 6 atom stereocenters. The van der Waals surface area contributed by atoms with E-state index in [0.29, 0.717) is 35.8 Å². The van der Waals surface area contributed by atoms with Crippen molar-refractivity contribution in [2.24, 2.45) is 23.7 Å². The maximum absolute atomic E-state index is 12.3. The number of ether oxygens (including phenoxy) is 2. The molecule has 2 unspecified atom stereocenters. The van der Waals surface area contributed by atoms with Crippen molar-refractivity contribution in [1.29, 1.82) is 0 Å². The smallest absolute Gasteiger partial charge is 0.410 e. The zero-order valence-electron chi connectivity index (χ0n) is 31.6. The van der Waals surface area contributed by atoms with Crippen LogP contribution in [0, 0.1) is 37.5 Å². The van der Waals surface area contributed by atoms with Gasteiger partial charge in [0, 0.05) is 51.4 Å². The number of carbonyl (C=O) groups is 2. The molecule has 2 amide bonds. The molecule has 0 bridgehead atoms. The minimum atomic E-state index is -0.411. The molecule has 8 nitrogen and oxygen atoms in total. The van der Waals surface area contributed by atoms with Crippen molar-refractivity contribution in [3.63, 3.8) is 0 Å². The highest BCUT2D eigenvalue weighted by atomic mass is 16.6. The Morgan fingerprint density at radius 3 is 1.47 bits per heavy atom. The van der Waals surface area contributed by atoms with Gasteiger partial charge in [0.05, 0.1) is 0 Å². The van der Waals surface area contributed by atoms with E-state index in [1.807, 2.05) is 51.3 Å². The Hall–Kier alpha value is -3.10. The summed E-state index contributed by atoms with van der Waals surface area (Å²) >= 11 is 0. The molecule has 8 heteroatoms. The number of carbonyl (C=O) groups excluding carboxylic acids is 2. The summed E-state index contributed by atoms with van der Waals surface area (Å²) in [7, 11) is 2.23. The van der Waals surface area contributed by atoms with Gasteiger partial charge in [-0.15, -0.1) is 0 Å². The maximum Gasteiger partial charge on any atom is 0.410 e. The molecule has 270 valence electrons. The van der Waals surface area contributed by atoms with Crippen LogP contribution >= 0.6 is 0 Å².